The molecule has 0 unspecified atom stereocenters. The SMILES string of the molecule is CCC1=NCCc2c1ccc1c2CCC1. The van der Waals surface area contributed by atoms with Crippen LogP contribution in [0.15, 0.2) is 17.1 Å². The Kier molecular flexibility index (Phi) is 2.12. The summed E-state index contributed by atoms with van der Waals surface area (Å²) in [6, 6.07) is 4.64. The van der Waals surface area contributed by atoms with Crippen molar-refractivity contribution in [3.63, 3.8) is 0 Å². The Morgan fingerprint density at radius 3 is 2.93 bits per heavy atom. The van der Waals surface area contributed by atoms with Crippen molar-refractivity contribution in [2.24, 2.45) is 4.99 Å². The minimum Gasteiger partial charge on any atom is -0.289 e. The van der Waals surface area contributed by atoms with Gasteiger partial charge in [-0.3, -0.25) is 4.99 Å². The van der Waals surface area contributed by atoms with Gasteiger partial charge in [-0.05, 0) is 54.4 Å². The van der Waals surface area contributed by atoms with Crippen molar-refractivity contribution in [2.45, 2.75) is 39.0 Å². The molecule has 0 radical (unpaired) electrons. The first-order valence-electron chi connectivity index (χ1n) is 6.07. The van der Waals surface area contributed by atoms with Gasteiger partial charge in [0, 0.05) is 12.3 Å². The van der Waals surface area contributed by atoms with E-state index in [0.717, 1.165) is 13.0 Å². The number of rotatable bonds is 1. The van der Waals surface area contributed by atoms with E-state index in [1.165, 1.54) is 37.0 Å². The molecule has 2 aliphatic rings. The Hall–Kier alpha value is -1.11. The molecule has 0 saturated carbocycles. The quantitative estimate of drug-likeness (QED) is 0.659. The summed E-state index contributed by atoms with van der Waals surface area (Å²) < 4.78 is 0. The average Bonchev–Trinajstić information content (AvgIpc) is 2.76. The number of hydrogen-bond acceptors (Lipinski definition) is 1. The molecule has 0 spiro atoms. The molecule has 0 N–H and O–H groups in total. The van der Waals surface area contributed by atoms with E-state index in [-0.39, 0.29) is 0 Å². The van der Waals surface area contributed by atoms with Crippen molar-refractivity contribution >= 4 is 5.71 Å². The second-order valence-electron chi connectivity index (χ2n) is 4.51. The average molecular weight is 199 g/mol. The number of hydrogen-bond donors (Lipinski definition) is 0. The van der Waals surface area contributed by atoms with Crippen LogP contribution in [-0.4, -0.2) is 12.3 Å². The molecular formula is C14H17N. The summed E-state index contributed by atoms with van der Waals surface area (Å²) >= 11 is 0. The maximum Gasteiger partial charge on any atom is 0.0433 e. The zero-order chi connectivity index (χ0) is 10.3. The van der Waals surface area contributed by atoms with Gasteiger partial charge in [0.15, 0.2) is 0 Å². The Bertz CT molecular complexity index is 429. The number of nitrogens with zero attached hydrogens (tertiary/aromatic N) is 1. The van der Waals surface area contributed by atoms with Gasteiger partial charge >= 0.3 is 0 Å². The summed E-state index contributed by atoms with van der Waals surface area (Å²) in [7, 11) is 0. The zero-order valence-electron chi connectivity index (χ0n) is 9.34. The second kappa shape index (κ2) is 3.48. The van der Waals surface area contributed by atoms with Gasteiger partial charge in [0.2, 0.25) is 0 Å². The lowest BCUT2D eigenvalue weighted by atomic mass is 9.90. The van der Waals surface area contributed by atoms with Crippen molar-refractivity contribution < 1.29 is 0 Å². The van der Waals surface area contributed by atoms with Crippen LogP contribution in [0.4, 0.5) is 0 Å². The smallest absolute Gasteiger partial charge is 0.0433 e. The molecule has 1 heteroatoms. The highest BCUT2D eigenvalue weighted by Gasteiger charge is 2.21. The maximum absolute atomic E-state index is 4.63. The number of aryl methyl sites for hydroxylation is 1. The fourth-order valence-corrected chi connectivity index (χ4v) is 2.99. The van der Waals surface area contributed by atoms with Crippen molar-refractivity contribution in [3.8, 4) is 0 Å². The van der Waals surface area contributed by atoms with Crippen LogP contribution in [0.25, 0.3) is 0 Å². The van der Waals surface area contributed by atoms with Gasteiger partial charge in [-0.2, -0.15) is 0 Å². The van der Waals surface area contributed by atoms with E-state index >= 15 is 0 Å². The van der Waals surface area contributed by atoms with Crippen LogP contribution in [0.3, 0.4) is 0 Å². The lowest BCUT2D eigenvalue weighted by Crippen LogP contribution is -2.14. The van der Waals surface area contributed by atoms with Crippen LogP contribution in [0.1, 0.15) is 42.0 Å². The lowest BCUT2D eigenvalue weighted by Gasteiger charge is -2.19. The summed E-state index contributed by atoms with van der Waals surface area (Å²) in [5.74, 6) is 0. The first kappa shape index (κ1) is 9.14. The van der Waals surface area contributed by atoms with E-state index in [9.17, 15) is 0 Å². The second-order valence-corrected chi connectivity index (χ2v) is 4.51. The fourth-order valence-electron chi connectivity index (χ4n) is 2.99. The van der Waals surface area contributed by atoms with Gasteiger partial charge in [-0.25, -0.2) is 0 Å². The summed E-state index contributed by atoms with van der Waals surface area (Å²) in [5, 5.41) is 0. The maximum atomic E-state index is 4.63. The normalized spacial score (nSPS) is 18.3. The van der Waals surface area contributed by atoms with Gasteiger partial charge in [-0.1, -0.05) is 19.1 Å². The molecule has 1 aromatic rings. The molecule has 1 aromatic carbocycles. The van der Waals surface area contributed by atoms with Crippen molar-refractivity contribution in [1.82, 2.24) is 0 Å². The molecule has 0 amide bonds. The molecule has 0 atom stereocenters. The molecule has 0 aromatic heterocycles. The number of fused-ring (bicyclic) bond motifs is 3. The summed E-state index contributed by atoms with van der Waals surface area (Å²) in [5.41, 5.74) is 7.66. The highest BCUT2D eigenvalue weighted by Crippen LogP contribution is 2.30. The van der Waals surface area contributed by atoms with Crippen LogP contribution < -0.4 is 0 Å². The van der Waals surface area contributed by atoms with E-state index in [0.29, 0.717) is 0 Å². The van der Waals surface area contributed by atoms with Gasteiger partial charge in [0.1, 0.15) is 0 Å². The molecule has 15 heavy (non-hydrogen) atoms. The lowest BCUT2D eigenvalue weighted by molar-refractivity contribution is 0.884. The highest BCUT2D eigenvalue weighted by molar-refractivity contribution is 6.02. The van der Waals surface area contributed by atoms with Crippen molar-refractivity contribution in [2.75, 3.05) is 6.54 Å². The third kappa shape index (κ3) is 1.33. The first-order chi connectivity index (χ1) is 7.40. The van der Waals surface area contributed by atoms with Gasteiger partial charge in [0.05, 0.1) is 0 Å². The Labute approximate surface area is 91.2 Å². The first-order valence-corrected chi connectivity index (χ1v) is 6.07. The molecule has 1 nitrogen and oxygen atoms in total. The predicted molar refractivity (Wildman–Crippen MR) is 63.9 cm³/mol. The minimum absolute atomic E-state index is 1.01. The fraction of sp³-hybridized carbons (Fsp3) is 0.500. The van der Waals surface area contributed by atoms with Crippen LogP contribution in [0, 0.1) is 0 Å². The Morgan fingerprint density at radius 1 is 1.13 bits per heavy atom. The molecule has 0 saturated heterocycles. The van der Waals surface area contributed by atoms with E-state index in [1.54, 1.807) is 16.7 Å². The predicted octanol–water partition coefficient (Wildman–Crippen LogP) is 2.93. The van der Waals surface area contributed by atoms with Crippen LogP contribution >= 0.6 is 0 Å². The van der Waals surface area contributed by atoms with Crippen LogP contribution in [0.5, 0.6) is 0 Å². The molecule has 0 fully saturated rings. The topological polar surface area (TPSA) is 12.4 Å². The Morgan fingerprint density at radius 2 is 2.07 bits per heavy atom. The minimum atomic E-state index is 1.01. The van der Waals surface area contributed by atoms with Crippen LogP contribution in [0.2, 0.25) is 0 Å². The summed E-state index contributed by atoms with van der Waals surface area (Å²) in [6.45, 7) is 3.22. The Balaban J connectivity index is 2.17. The molecule has 1 aliphatic heterocycles. The number of benzene rings is 1. The van der Waals surface area contributed by atoms with Crippen LogP contribution in [-0.2, 0) is 19.3 Å². The molecule has 1 heterocycles. The molecule has 0 bridgehead atoms. The van der Waals surface area contributed by atoms with Gasteiger partial charge < -0.3 is 0 Å². The third-order valence-electron chi connectivity index (χ3n) is 3.71. The largest absolute Gasteiger partial charge is 0.289 e. The van der Waals surface area contributed by atoms with Gasteiger partial charge in [0.25, 0.3) is 0 Å². The summed E-state index contributed by atoms with van der Waals surface area (Å²) in [6.07, 6.45) is 6.19. The molecule has 78 valence electrons. The van der Waals surface area contributed by atoms with Crippen molar-refractivity contribution in [1.29, 1.82) is 0 Å². The summed E-state index contributed by atoms with van der Waals surface area (Å²) in [4.78, 5) is 4.63. The van der Waals surface area contributed by atoms with E-state index in [2.05, 4.69) is 24.0 Å². The van der Waals surface area contributed by atoms with E-state index in [4.69, 9.17) is 0 Å². The molecular weight excluding hydrogens is 182 g/mol. The van der Waals surface area contributed by atoms with E-state index in [1.807, 2.05) is 0 Å². The zero-order valence-corrected chi connectivity index (χ0v) is 9.34. The highest BCUT2D eigenvalue weighted by atomic mass is 14.7. The standard InChI is InChI=1S/C14H17N/c1-2-14-13-7-6-10-4-3-5-11(10)12(13)8-9-15-14/h6-7H,2-5,8-9H2,1H3. The third-order valence-corrected chi connectivity index (χ3v) is 3.71. The monoisotopic (exact) mass is 199 g/mol. The number of aliphatic imine (C=N–C) groups is 1. The van der Waals surface area contributed by atoms with Gasteiger partial charge in [-0.15, -0.1) is 0 Å². The molecule has 3 rings (SSSR count). The van der Waals surface area contributed by atoms with Crippen molar-refractivity contribution in [3.05, 3.63) is 34.4 Å². The molecule has 1 aliphatic carbocycles. The van der Waals surface area contributed by atoms with E-state index < -0.39 is 0 Å².